The average molecular weight is 477 g/mol. The zero-order valence-electron chi connectivity index (χ0n) is 19.8. The van der Waals surface area contributed by atoms with E-state index in [1.165, 1.54) is 29.7 Å². The number of hydrogen-bond acceptors (Lipinski definition) is 5. The van der Waals surface area contributed by atoms with E-state index < -0.39 is 29.9 Å². The van der Waals surface area contributed by atoms with Crippen LogP contribution in [0.5, 0.6) is 0 Å². The summed E-state index contributed by atoms with van der Waals surface area (Å²) >= 11 is 0. The number of nitrogens with zero attached hydrogens (tertiary/aromatic N) is 3. The van der Waals surface area contributed by atoms with Crippen LogP contribution in [0.15, 0.2) is 60.9 Å². The predicted molar refractivity (Wildman–Crippen MR) is 129 cm³/mol. The highest BCUT2D eigenvalue weighted by Crippen LogP contribution is 2.44. The maximum absolute atomic E-state index is 13.2. The Labute approximate surface area is 203 Å². The molecule has 35 heavy (non-hydrogen) atoms. The van der Waals surface area contributed by atoms with Crippen molar-refractivity contribution in [3.05, 3.63) is 77.6 Å². The summed E-state index contributed by atoms with van der Waals surface area (Å²) in [6, 6.07) is 15.0. The number of rotatable bonds is 8. The molecule has 2 amide bonds. The molecule has 3 aromatic rings. The van der Waals surface area contributed by atoms with Crippen molar-refractivity contribution >= 4 is 18.0 Å². The van der Waals surface area contributed by atoms with Crippen molar-refractivity contribution in [1.29, 1.82) is 0 Å². The molecule has 2 N–H and O–H groups in total. The topological polar surface area (TPSA) is 114 Å². The number of aryl methyl sites for hydroxylation is 1. The maximum Gasteiger partial charge on any atom is 0.408 e. The van der Waals surface area contributed by atoms with Gasteiger partial charge in [0.15, 0.2) is 0 Å². The Morgan fingerprint density at radius 1 is 1.11 bits per heavy atom. The third kappa shape index (κ3) is 5.03. The smallest absolute Gasteiger partial charge is 0.408 e. The number of ether oxygens (including phenoxy) is 1. The maximum atomic E-state index is 13.2. The zero-order chi connectivity index (χ0) is 25.1. The fraction of sp³-hybridized carbons (Fsp3) is 0.308. The molecule has 0 radical (unpaired) electrons. The van der Waals surface area contributed by atoms with Gasteiger partial charge in [-0.15, -0.1) is 0 Å². The van der Waals surface area contributed by atoms with Crippen LogP contribution in [-0.4, -0.2) is 58.0 Å². The largest absolute Gasteiger partial charge is 0.481 e. The second-order valence-corrected chi connectivity index (χ2v) is 8.81. The minimum absolute atomic E-state index is 0.00268. The van der Waals surface area contributed by atoms with Gasteiger partial charge in [0, 0.05) is 38.3 Å². The lowest BCUT2D eigenvalue weighted by atomic mass is 9.98. The van der Waals surface area contributed by atoms with Gasteiger partial charge < -0.3 is 20.1 Å². The van der Waals surface area contributed by atoms with Crippen LogP contribution in [-0.2, 0) is 21.4 Å². The molecule has 1 aliphatic rings. The number of aliphatic carboxylic acids is 1. The first-order valence-electron chi connectivity index (χ1n) is 11.3. The fourth-order valence-electron chi connectivity index (χ4n) is 4.43. The first kappa shape index (κ1) is 24.0. The van der Waals surface area contributed by atoms with E-state index in [0.717, 1.165) is 22.3 Å². The summed E-state index contributed by atoms with van der Waals surface area (Å²) in [6.45, 7) is 1.63. The van der Waals surface area contributed by atoms with Gasteiger partial charge in [-0.3, -0.25) is 14.3 Å². The summed E-state index contributed by atoms with van der Waals surface area (Å²) in [6.07, 6.45) is 2.37. The normalized spacial score (nSPS) is 13.9. The van der Waals surface area contributed by atoms with Gasteiger partial charge in [-0.2, -0.15) is 5.10 Å². The van der Waals surface area contributed by atoms with Gasteiger partial charge in [-0.1, -0.05) is 55.5 Å². The molecule has 1 aliphatic carbocycles. The molecule has 1 aromatic heterocycles. The molecule has 182 valence electrons. The summed E-state index contributed by atoms with van der Waals surface area (Å²) in [5, 5.41) is 15.9. The lowest BCUT2D eigenvalue weighted by molar-refractivity contribution is -0.143. The molecule has 0 saturated heterocycles. The standard InChI is InChI=1S/C26H28N4O5/c1-16(25(32)33)13-29(2)24(31)23(17-12-27-30(3)14-17)28-26(34)35-15-22-20-10-6-4-8-18(20)19-9-5-7-11-21(19)22/h4-12,14,16,22-23H,13,15H2,1-3H3,(H,28,34)(H,32,33). The highest BCUT2D eigenvalue weighted by atomic mass is 16.5. The van der Waals surface area contributed by atoms with Gasteiger partial charge in [0.05, 0.1) is 12.1 Å². The SMILES string of the molecule is CC(CN(C)C(=O)C(NC(=O)OCC1c2ccccc2-c2ccccc21)c1cnn(C)c1)C(=O)O. The van der Waals surface area contributed by atoms with Crippen LogP contribution >= 0.6 is 0 Å². The van der Waals surface area contributed by atoms with Crippen LogP contribution in [0.25, 0.3) is 11.1 Å². The molecule has 2 unspecified atom stereocenters. The van der Waals surface area contributed by atoms with Crippen molar-refractivity contribution in [3.8, 4) is 11.1 Å². The number of benzene rings is 2. The van der Waals surface area contributed by atoms with Crippen molar-refractivity contribution in [3.63, 3.8) is 0 Å². The van der Waals surface area contributed by atoms with E-state index >= 15 is 0 Å². The summed E-state index contributed by atoms with van der Waals surface area (Å²) in [5.41, 5.74) is 4.89. The molecular formula is C26H28N4O5. The third-order valence-electron chi connectivity index (χ3n) is 6.26. The number of carbonyl (C=O) groups excluding carboxylic acids is 2. The summed E-state index contributed by atoms with van der Waals surface area (Å²) < 4.78 is 7.13. The van der Waals surface area contributed by atoms with Crippen LogP contribution in [0.3, 0.4) is 0 Å². The third-order valence-corrected chi connectivity index (χ3v) is 6.26. The summed E-state index contributed by atoms with van der Waals surface area (Å²) in [4.78, 5) is 38.5. The molecule has 1 heterocycles. The molecule has 0 bridgehead atoms. The second-order valence-electron chi connectivity index (χ2n) is 8.81. The van der Waals surface area contributed by atoms with Crippen molar-refractivity contribution in [2.24, 2.45) is 13.0 Å². The number of fused-ring (bicyclic) bond motifs is 3. The second kappa shape index (κ2) is 10.0. The molecule has 0 spiro atoms. The Balaban J connectivity index is 1.48. The molecular weight excluding hydrogens is 448 g/mol. The highest BCUT2D eigenvalue weighted by molar-refractivity contribution is 5.87. The number of alkyl carbamates (subject to hydrolysis) is 1. The number of nitrogens with one attached hydrogen (secondary N) is 1. The first-order valence-corrected chi connectivity index (χ1v) is 11.3. The van der Waals surface area contributed by atoms with Crippen LogP contribution in [0.1, 0.15) is 35.6 Å². The van der Waals surface area contributed by atoms with Gasteiger partial charge in [0.25, 0.3) is 0 Å². The lowest BCUT2D eigenvalue weighted by Crippen LogP contribution is -2.43. The number of aromatic nitrogens is 2. The zero-order valence-corrected chi connectivity index (χ0v) is 19.8. The van der Waals surface area contributed by atoms with E-state index in [2.05, 4.69) is 22.5 Å². The monoisotopic (exact) mass is 476 g/mol. The van der Waals surface area contributed by atoms with E-state index in [1.807, 2.05) is 36.4 Å². The van der Waals surface area contributed by atoms with Crippen LogP contribution < -0.4 is 5.32 Å². The van der Waals surface area contributed by atoms with Gasteiger partial charge in [0.2, 0.25) is 5.91 Å². The van der Waals surface area contributed by atoms with Gasteiger partial charge in [-0.05, 0) is 22.3 Å². The Morgan fingerprint density at radius 3 is 2.26 bits per heavy atom. The molecule has 2 aromatic carbocycles. The minimum Gasteiger partial charge on any atom is -0.481 e. The number of carboxylic acid groups (broad SMARTS) is 1. The molecule has 4 rings (SSSR count). The van der Waals surface area contributed by atoms with Gasteiger partial charge in [0.1, 0.15) is 12.6 Å². The van der Waals surface area contributed by atoms with Crippen molar-refractivity contribution < 1.29 is 24.2 Å². The molecule has 0 fully saturated rings. The Hall–Kier alpha value is -4.14. The quantitative estimate of drug-likeness (QED) is 0.516. The van der Waals surface area contributed by atoms with Gasteiger partial charge >= 0.3 is 12.1 Å². The molecule has 2 atom stereocenters. The summed E-state index contributed by atoms with van der Waals surface area (Å²) in [7, 11) is 3.21. The molecule has 0 aliphatic heterocycles. The van der Waals surface area contributed by atoms with E-state index in [4.69, 9.17) is 4.74 Å². The summed E-state index contributed by atoms with van der Waals surface area (Å²) in [5.74, 6) is -2.33. The van der Waals surface area contributed by atoms with Crippen LogP contribution in [0.4, 0.5) is 4.79 Å². The highest BCUT2D eigenvalue weighted by Gasteiger charge is 2.32. The number of hydrogen-bond donors (Lipinski definition) is 2. The molecule has 9 heteroatoms. The number of amides is 2. The van der Waals surface area contributed by atoms with Crippen molar-refractivity contribution in [2.45, 2.75) is 18.9 Å². The minimum atomic E-state index is -1.06. The molecule has 0 saturated carbocycles. The van der Waals surface area contributed by atoms with Gasteiger partial charge in [-0.25, -0.2) is 4.79 Å². The van der Waals surface area contributed by atoms with E-state index in [0.29, 0.717) is 5.56 Å². The predicted octanol–water partition coefficient (Wildman–Crippen LogP) is 3.18. The Kier molecular flexibility index (Phi) is 6.86. The Bertz CT molecular complexity index is 1210. The van der Waals surface area contributed by atoms with Crippen LogP contribution in [0, 0.1) is 5.92 Å². The Morgan fingerprint density at radius 2 is 1.71 bits per heavy atom. The first-order chi connectivity index (χ1) is 16.8. The fourth-order valence-corrected chi connectivity index (χ4v) is 4.43. The number of carboxylic acids is 1. The molecule has 9 nitrogen and oxygen atoms in total. The van der Waals surface area contributed by atoms with Crippen molar-refractivity contribution in [1.82, 2.24) is 20.0 Å². The van der Waals surface area contributed by atoms with E-state index in [1.54, 1.807) is 13.2 Å². The lowest BCUT2D eigenvalue weighted by Gasteiger charge is -2.25. The average Bonchev–Trinajstić information content (AvgIpc) is 3.41. The number of likely N-dealkylation sites (N-methyl/N-ethyl adjacent to an activating group) is 1. The van der Waals surface area contributed by atoms with Crippen molar-refractivity contribution in [2.75, 3.05) is 20.2 Å². The van der Waals surface area contributed by atoms with E-state index in [-0.39, 0.29) is 19.1 Å². The van der Waals surface area contributed by atoms with E-state index in [9.17, 15) is 19.5 Å². The number of carbonyl (C=O) groups is 3. The van der Waals surface area contributed by atoms with Crippen LogP contribution in [0.2, 0.25) is 0 Å².